The largest absolute Gasteiger partial charge is 0.329 e. The van der Waals surface area contributed by atoms with Crippen molar-refractivity contribution in [3.63, 3.8) is 0 Å². The minimum atomic E-state index is -0.541. The van der Waals surface area contributed by atoms with E-state index in [2.05, 4.69) is 11.8 Å². The van der Waals surface area contributed by atoms with Crippen molar-refractivity contribution >= 4 is 0 Å². The summed E-state index contributed by atoms with van der Waals surface area (Å²) >= 11 is 0. The first-order valence-corrected chi connectivity index (χ1v) is 6.58. The topological polar surface area (TPSA) is 29.3 Å². The molecule has 0 amide bonds. The van der Waals surface area contributed by atoms with Gasteiger partial charge in [0.05, 0.1) is 6.04 Å². The molecule has 0 bridgehead atoms. The second-order valence-corrected chi connectivity index (χ2v) is 4.89. The van der Waals surface area contributed by atoms with Gasteiger partial charge in [-0.3, -0.25) is 4.90 Å². The van der Waals surface area contributed by atoms with Crippen LogP contribution in [0.2, 0.25) is 0 Å². The van der Waals surface area contributed by atoms with E-state index in [1.54, 1.807) is 0 Å². The molecule has 0 aliphatic heterocycles. The molecule has 0 saturated heterocycles. The third-order valence-electron chi connectivity index (χ3n) is 3.44. The lowest BCUT2D eigenvalue weighted by molar-refractivity contribution is 0.187. The molecule has 4 heteroatoms. The monoisotopic (exact) mass is 254 g/mol. The van der Waals surface area contributed by atoms with Gasteiger partial charge >= 0.3 is 0 Å². The van der Waals surface area contributed by atoms with Crippen molar-refractivity contribution in [2.24, 2.45) is 5.73 Å². The molecule has 1 aromatic rings. The summed E-state index contributed by atoms with van der Waals surface area (Å²) in [7, 11) is 0. The van der Waals surface area contributed by atoms with Gasteiger partial charge in [0.25, 0.3) is 0 Å². The average molecular weight is 254 g/mol. The van der Waals surface area contributed by atoms with Crippen LogP contribution in [0.3, 0.4) is 0 Å². The lowest BCUT2D eigenvalue weighted by Crippen LogP contribution is -2.36. The summed E-state index contributed by atoms with van der Waals surface area (Å²) in [6, 6.07) is 4.14. The minimum absolute atomic E-state index is 0.141. The molecule has 1 aromatic carbocycles. The Morgan fingerprint density at radius 3 is 2.61 bits per heavy atom. The summed E-state index contributed by atoms with van der Waals surface area (Å²) in [6.45, 7) is 3.37. The number of nitrogens with two attached hydrogens (primary N) is 1. The predicted molar refractivity (Wildman–Crippen MR) is 68.2 cm³/mol. The van der Waals surface area contributed by atoms with E-state index in [0.29, 0.717) is 18.2 Å². The number of hydrogen-bond donors (Lipinski definition) is 1. The zero-order valence-electron chi connectivity index (χ0n) is 10.7. The van der Waals surface area contributed by atoms with Crippen molar-refractivity contribution in [1.29, 1.82) is 0 Å². The normalized spacial score (nSPS) is 17.2. The van der Waals surface area contributed by atoms with Crippen LogP contribution in [-0.2, 0) is 0 Å². The number of halogens is 2. The van der Waals surface area contributed by atoms with E-state index >= 15 is 0 Å². The third-order valence-corrected chi connectivity index (χ3v) is 3.44. The molecular weight excluding hydrogens is 234 g/mol. The Bertz CT molecular complexity index is 405. The molecule has 1 unspecified atom stereocenters. The molecule has 1 atom stereocenters. The van der Waals surface area contributed by atoms with Crippen LogP contribution < -0.4 is 5.73 Å². The first kappa shape index (κ1) is 13.4. The molecule has 0 spiro atoms. The van der Waals surface area contributed by atoms with E-state index in [1.807, 2.05) is 0 Å². The highest BCUT2D eigenvalue weighted by Crippen LogP contribution is 2.35. The second kappa shape index (κ2) is 5.76. The van der Waals surface area contributed by atoms with E-state index in [9.17, 15) is 8.78 Å². The summed E-state index contributed by atoms with van der Waals surface area (Å²) in [5.74, 6) is -1.03. The maximum Gasteiger partial charge on any atom is 0.130 e. The van der Waals surface area contributed by atoms with Crippen LogP contribution in [0.15, 0.2) is 18.2 Å². The summed E-state index contributed by atoms with van der Waals surface area (Å²) < 4.78 is 26.8. The van der Waals surface area contributed by atoms with Crippen LogP contribution in [0.4, 0.5) is 8.78 Å². The summed E-state index contributed by atoms with van der Waals surface area (Å²) in [5, 5.41) is 0. The Balaban J connectivity index is 2.25. The highest BCUT2D eigenvalue weighted by molar-refractivity contribution is 5.23. The average Bonchev–Trinajstić information content (AvgIpc) is 3.15. The van der Waals surface area contributed by atoms with Crippen LogP contribution in [0.25, 0.3) is 0 Å². The molecule has 0 aromatic heterocycles. The molecule has 100 valence electrons. The van der Waals surface area contributed by atoms with Crippen molar-refractivity contribution in [3.05, 3.63) is 35.4 Å². The van der Waals surface area contributed by atoms with Crippen LogP contribution >= 0.6 is 0 Å². The van der Waals surface area contributed by atoms with E-state index in [1.165, 1.54) is 12.1 Å². The molecule has 18 heavy (non-hydrogen) atoms. The first-order valence-electron chi connectivity index (χ1n) is 6.58. The molecule has 1 aliphatic carbocycles. The Hall–Kier alpha value is -1.00. The highest BCUT2D eigenvalue weighted by Gasteiger charge is 2.34. The molecular formula is C14H20F2N2. The molecule has 0 radical (unpaired) electrons. The minimum Gasteiger partial charge on any atom is -0.329 e. The van der Waals surface area contributed by atoms with Crippen molar-refractivity contribution < 1.29 is 8.78 Å². The van der Waals surface area contributed by atoms with Gasteiger partial charge in [-0.2, -0.15) is 0 Å². The zero-order chi connectivity index (χ0) is 13.1. The van der Waals surface area contributed by atoms with Crippen LogP contribution in [0.5, 0.6) is 0 Å². The van der Waals surface area contributed by atoms with Gasteiger partial charge < -0.3 is 5.73 Å². The van der Waals surface area contributed by atoms with Crippen LogP contribution in [0, 0.1) is 11.6 Å². The molecule has 2 nitrogen and oxygen atoms in total. The lowest BCUT2D eigenvalue weighted by Gasteiger charge is -2.31. The smallest absolute Gasteiger partial charge is 0.130 e. The van der Waals surface area contributed by atoms with Crippen molar-refractivity contribution in [3.8, 4) is 0 Å². The lowest BCUT2D eigenvalue weighted by atomic mass is 10.0. The van der Waals surface area contributed by atoms with E-state index in [0.717, 1.165) is 31.9 Å². The molecule has 2 rings (SSSR count). The Morgan fingerprint density at radius 2 is 2.11 bits per heavy atom. The van der Waals surface area contributed by atoms with Gasteiger partial charge in [-0.25, -0.2) is 8.78 Å². The molecule has 2 N–H and O–H groups in total. The molecule has 1 fully saturated rings. The molecule has 1 saturated carbocycles. The SMILES string of the molecule is CCCN(C1CC1)C(CN)c1ccc(F)cc1F. The first-order chi connectivity index (χ1) is 8.67. The maximum absolute atomic E-state index is 13.8. The summed E-state index contributed by atoms with van der Waals surface area (Å²) in [4.78, 5) is 2.26. The van der Waals surface area contributed by atoms with Gasteiger partial charge in [0.1, 0.15) is 11.6 Å². The van der Waals surface area contributed by atoms with Gasteiger partial charge in [0, 0.05) is 24.2 Å². The van der Waals surface area contributed by atoms with E-state index in [4.69, 9.17) is 5.73 Å². The number of rotatable bonds is 6. The Labute approximate surface area is 107 Å². The van der Waals surface area contributed by atoms with Gasteiger partial charge in [-0.15, -0.1) is 0 Å². The Kier molecular flexibility index (Phi) is 4.30. The molecule has 1 aliphatic rings. The van der Waals surface area contributed by atoms with Crippen molar-refractivity contribution in [1.82, 2.24) is 4.90 Å². The standard InChI is InChI=1S/C14H20F2N2/c1-2-7-18(11-4-5-11)14(9-17)12-6-3-10(15)8-13(12)16/h3,6,8,11,14H,2,4-5,7,9,17H2,1H3. The third kappa shape index (κ3) is 2.87. The maximum atomic E-state index is 13.8. The number of nitrogens with zero attached hydrogens (tertiary/aromatic N) is 1. The predicted octanol–water partition coefficient (Wildman–Crippen LogP) is 2.84. The van der Waals surface area contributed by atoms with Crippen LogP contribution in [-0.4, -0.2) is 24.0 Å². The fraction of sp³-hybridized carbons (Fsp3) is 0.571. The Morgan fingerprint density at radius 1 is 1.39 bits per heavy atom. The number of hydrogen-bond acceptors (Lipinski definition) is 2. The van der Waals surface area contributed by atoms with Crippen molar-refractivity contribution in [2.45, 2.75) is 38.3 Å². The number of benzene rings is 1. The molecule has 0 heterocycles. The van der Waals surface area contributed by atoms with E-state index < -0.39 is 11.6 Å². The van der Waals surface area contributed by atoms with E-state index in [-0.39, 0.29) is 6.04 Å². The van der Waals surface area contributed by atoms with Crippen molar-refractivity contribution in [2.75, 3.05) is 13.1 Å². The fourth-order valence-electron chi connectivity index (χ4n) is 2.47. The van der Waals surface area contributed by atoms with Gasteiger partial charge in [0.15, 0.2) is 0 Å². The zero-order valence-corrected chi connectivity index (χ0v) is 10.7. The second-order valence-electron chi connectivity index (χ2n) is 4.89. The van der Waals surface area contributed by atoms with Gasteiger partial charge in [-0.1, -0.05) is 13.0 Å². The van der Waals surface area contributed by atoms with Gasteiger partial charge in [0.2, 0.25) is 0 Å². The van der Waals surface area contributed by atoms with Gasteiger partial charge in [-0.05, 0) is 31.9 Å². The summed E-state index contributed by atoms with van der Waals surface area (Å²) in [6.07, 6.45) is 3.31. The van der Waals surface area contributed by atoms with Crippen LogP contribution in [0.1, 0.15) is 37.8 Å². The highest BCUT2D eigenvalue weighted by atomic mass is 19.1. The fourth-order valence-corrected chi connectivity index (χ4v) is 2.47. The quantitative estimate of drug-likeness (QED) is 0.845. The summed E-state index contributed by atoms with van der Waals surface area (Å²) in [5.41, 5.74) is 6.32.